The quantitative estimate of drug-likeness (QED) is 0.773. The molecule has 0 radical (unpaired) electrons. The summed E-state index contributed by atoms with van der Waals surface area (Å²) in [6, 6.07) is 0.150. The lowest BCUT2D eigenvalue weighted by Gasteiger charge is -2.38. The maximum Gasteiger partial charge on any atom is 0.255 e. The Morgan fingerprint density at radius 3 is 2.70 bits per heavy atom. The van der Waals surface area contributed by atoms with Crippen molar-refractivity contribution in [2.24, 2.45) is 17.8 Å². The number of fused-ring (bicyclic) bond motifs is 2. The molecule has 5 atom stereocenters. The van der Waals surface area contributed by atoms with Crippen LogP contribution in [0, 0.1) is 17.8 Å². The van der Waals surface area contributed by atoms with Crippen LogP contribution in [0.5, 0.6) is 0 Å². The summed E-state index contributed by atoms with van der Waals surface area (Å²) >= 11 is 0. The van der Waals surface area contributed by atoms with Crippen LogP contribution < -0.4 is 10.6 Å². The number of aromatic nitrogens is 2. The molecule has 7 heteroatoms. The molecule has 2 N–H and O–H groups in total. The van der Waals surface area contributed by atoms with Gasteiger partial charge in [-0.2, -0.15) is 5.10 Å². The van der Waals surface area contributed by atoms with Crippen LogP contribution in [0.2, 0.25) is 0 Å². The Morgan fingerprint density at radius 2 is 2.03 bits per heavy atom. The van der Waals surface area contributed by atoms with E-state index in [1.165, 1.54) is 6.42 Å². The smallest absolute Gasteiger partial charge is 0.255 e. The summed E-state index contributed by atoms with van der Waals surface area (Å²) < 4.78 is 7.27. The third kappa shape index (κ3) is 3.88. The van der Waals surface area contributed by atoms with E-state index in [0.29, 0.717) is 29.9 Å². The van der Waals surface area contributed by atoms with Crippen molar-refractivity contribution < 1.29 is 14.3 Å². The Balaban J connectivity index is 1.55. The van der Waals surface area contributed by atoms with Gasteiger partial charge < -0.3 is 15.4 Å². The fraction of sp³-hybridized carbons (Fsp3) is 0.783. The molecule has 7 nitrogen and oxygen atoms in total. The fourth-order valence-electron chi connectivity index (χ4n) is 6.53. The summed E-state index contributed by atoms with van der Waals surface area (Å²) in [6.07, 6.45) is 8.16. The van der Waals surface area contributed by atoms with Crippen molar-refractivity contribution in [1.29, 1.82) is 0 Å². The predicted molar refractivity (Wildman–Crippen MR) is 114 cm³/mol. The Hall–Kier alpha value is -1.89. The summed E-state index contributed by atoms with van der Waals surface area (Å²) in [7, 11) is 1.64. The van der Waals surface area contributed by atoms with Crippen LogP contribution in [0.1, 0.15) is 82.3 Å². The van der Waals surface area contributed by atoms with E-state index in [9.17, 15) is 9.59 Å². The van der Waals surface area contributed by atoms with Gasteiger partial charge in [0.1, 0.15) is 0 Å². The van der Waals surface area contributed by atoms with Crippen LogP contribution in [0.15, 0.2) is 6.20 Å². The molecule has 1 aromatic rings. The summed E-state index contributed by atoms with van der Waals surface area (Å²) in [4.78, 5) is 25.1. The molecule has 0 spiro atoms. The van der Waals surface area contributed by atoms with E-state index in [-0.39, 0.29) is 28.9 Å². The second-order valence-electron chi connectivity index (χ2n) is 10.8. The molecule has 1 aromatic heterocycles. The first kappa shape index (κ1) is 21.3. The molecule has 166 valence electrons. The highest BCUT2D eigenvalue weighted by atomic mass is 16.5. The molecular weight excluding hydrogens is 380 g/mol. The molecule has 3 bridgehead atoms. The average Bonchev–Trinajstić information content (AvgIpc) is 3.13. The molecule has 0 aromatic carbocycles. The van der Waals surface area contributed by atoms with E-state index in [0.717, 1.165) is 37.8 Å². The Kier molecular flexibility index (Phi) is 5.45. The van der Waals surface area contributed by atoms with Gasteiger partial charge >= 0.3 is 0 Å². The van der Waals surface area contributed by atoms with Crippen LogP contribution in [0.25, 0.3) is 0 Å². The second kappa shape index (κ2) is 7.66. The van der Waals surface area contributed by atoms with Crippen molar-refractivity contribution in [3.8, 4) is 0 Å². The first-order chi connectivity index (χ1) is 14.1. The van der Waals surface area contributed by atoms with E-state index in [1.54, 1.807) is 20.2 Å². The zero-order valence-corrected chi connectivity index (χ0v) is 19.0. The molecule has 30 heavy (non-hydrogen) atoms. The number of rotatable bonds is 5. The summed E-state index contributed by atoms with van der Waals surface area (Å²) in [5.41, 5.74) is 1.13. The molecule has 3 aliphatic carbocycles. The summed E-state index contributed by atoms with van der Waals surface area (Å²) in [6.45, 7) is 8.19. The Labute approximate surface area is 179 Å². The van der Waals surface area contributed by atoms with Crippen molar-refractivity contribution >= 4 is 11.8 Å². The van der Waals surface area contributed by atoms with Gasteiger partial charge in [-0.3, -0.25) is 14.3 Å². The number of hydrogen-bond donors (Lipinski definition) is 2. The molecule has 5 unspecified atom stereocenters. The number of carbonyl (C=O) groups is 2. The summed E-state index contributed by atoms with van der Waals surface area (Å²) in [5.74, 6) is 1.67. The molecule has 3 aliphatic rings. The molecule has 1 heterocycles. The van der Waals surface area contributed by atoms with Gasteiger partial charge in [-0.05, 0) is 77.0 Å². The van der Waals surface area contributed by atoms with Gasteiger partial charge in [0.15, 0.2) is 0 Å². The van der Waals surface area contributed by atoms with Crippen molar-refractivity contribution in [2.45, 2.75) is 89.9 Å². The van der Waals surface area contributed by atoms with Gasteiger partial charge in [0, 0.05) is 25.6 Å². The second-order valence-corrected chi connectivity index (χ2v) is 10.8. The standard InChI is InChI=1S/C23H36N4O3/c1-14(28)26-23-9-15-6-7-19(17(11-23)16(8-15)10-23)25-21(29)18-12-24-27(22(2,3)4)20(18)13-30-5/h12,15-17,19H,6-11,13H2,1-5H3,(H,25,29)(H,26,28). The fourth-order valence-corrected chi connectivity index (χ4v) is 6.53. The number of nitrogens with one attached hydrogen (secondary N) is 2. The molecular formula is C23H36N4O3. The third-order valence-corrected chi connectivity index (χ3v) is 7.39. The lowest BCUT2D eigenvalue weighted by Crippen LogP contribution is -2.50. The highest BCUT2D eigenvalue weighted by Crippen LogP contribution is 2.55. The Morgan fingerprint density at radius 1 is 1.27 bits per heavy atom. The molecule has 3 saturated carbocycles. The minimum Gasteiger partial charge on any atom is -0.378 e. The van der Waals surface area contributed by atoms with Gasteiger partial charge in [-0.1, -0.05) is 0 Å². The number of amides is 2. The number of hydrogen-bond acceptors (Lipinski definition) is 4. The van der Waals surface area contributed by atoms with Gasteiger partial charge in [0.05, 0.1) is 29.6 Å². The van der Waals surface area contributed by atoms with Crippen molar-refractivity contribution in [1.82, 2.24) is 20.4 Å². The van der Waals surface area contributed by atoms with E-state index in [1.807, 2.05) is 4.68 Å². The van der Waals surface area contributed by atoms with Crippen LogP contribution in [-0.4, -0.2) is 40.3 Å². The van der Waals surface area contributed by atoms with E-state index < -0.39 is 0 Å². The highest BCUT2D eigenvalue weighted by Gasteiger charge is 2.54. The number of carbonyl (C=O) groups excluding carboxylic acids is 2. The van der Waals surface area contributed by atoms with Crippen LogP contribution in [-0.2, 0) is 21.7 Å². The molecule has 0 saturated heterocycles. The highest BCUT2D eigenvalue weighted by molar-refractivity contribution is 5.95. The van der Waals surface area contributed by atoms with Gasteiger partial charge in [0.25, 0.3) is 5.91 Å². The normalized spacial score (nSPS) is 32.7. The van der Waals surface area contributed by atoms with Gasteiger partial charge in [-0.25, -0.2) is 0 Å². The van der Waals surface area contributed by atoms with Crippen molar-refractivity contribution in [2.75, 3.05) is 7.11 Å². The van der Waals surface area contributed by atoms with Crippen LogP contribution in [0.3, 0.4) is 0 Å². The van der Waals surface area contributed by atoms with E-state index in [4.69, 9.17) is 4.74 Å². The topological polar surface area (TPSA) is 85.2 Å². The monoisotopic (exact) mass is 416 g/mol. The number of ether oxygens (including phenoxy) is 1. The lowest BCUT2D eigenvalue weighted by atomic mass is 9.75. The van der Waals surface area contributed by atoms with Crippen molar-refractivity contribution in [3.05, 3.63) is 17.5 Å². The lowest BCUT2D eigenvalue weighted by molar-refractivity contribution is -0.121. The number of nitrogens with zero attached hydrogens (tertiary/aromatic N) is 2. The van der Waals surface area contributed by atoms with Crippen LogP contribution in [0.4, 0.5) is 0 Å². The molecule has 3 fully saturated rings. The van der Waals surface area contributed by atoms with Gasteiger partial charge in [-0.15, -0.1) is 0 Å². The van der Waals surface area contributed by atoms with E-state index in [2.05, 4.69) is 36.5 Å². The zero-order chi connectivity index (χ0) is 21.7. The summed E-state index contributed by atoms with van der Waals surface area (Å²) in [5, 5.41) is 11.1. The minimum absolute atomic E-state index is 0.0580. The largest absolute Gasteiger partial charge is 0.378 e. The average molecular weight is 417 g/mol. The number of methoxy groups -OCH3 is 1. The maximum absolute atomic E-state index is 13.3. The van der Waals surface area contributed by atoms with Gasteiger partial charge in [0.2, 0.25) is 5.91 Å². The minimum atomic E-state index is -0.225. The Bertz CT molecular complexity index is 827. The first-order valence-electron chi connectivity index (χ1n) is 11.3. The third-order valence-electron chi connectivity index (χ3n) is 7.39. The molecule has 2 amide bonds. The maximum atomic E-state index is 13.3. The first-order valence-corrected chi connectivity index (χ1v) is 11.3. The molecule has 4 rings (SSSR count). The molecule has 0 aliphatic heterocycles. The van der Waals surface area contributed by atoms with Crippen LogP contribution >= 0.6 is 0 Å². The SMILES string of the molecule is COCc1c(C(=O)NC2CCC3CC4CC(NC(C)=O)(C3)CC42)cnn1C(C)(C)C. The zero-order valence-electron chi connectivity index (χ0n) is 19.0. The predicted octanol–water partition coefficient (Wildman–Crippen LogP) is 2.99. The van der Waals surface area contributed by atoms with Crippen molar-refractivity contribution in [3.63, 3.8) is 0 Å². The van der Waals surface area contributed by atoms with E-state index >= 15 is 0 Å².